The highest BCUT2D eigenvalue weighted by Gasteiger charge is 2.20. The van der Waals surface area contributed by atoms with Crippen LogP contribution in [0.3, 0.4) is 0 Å². The molecule has 2 heterocycles. The van der Waals surface area contributed by atoms with Gasteiger partial charge in [-0.2, -0.15) is 0 Å². The molecule has 8 nitrogen and oxygen atoms in total. The Labute approximate surface area is 100 Å². The molecule has 0 fully saturated rings. The molecule has 0 aliphatic carbocycles. The standard InChI is InChI=1S/C8H10N6O2S/c1-4(3-6(15)16)14-8(10-11-12-14)7-5(2)9-13-17-7/h4H,3H2,1-2H3,(H,15,16). The van der Waals surface area contributed by atoms with Crippen LogP contribution in [-0.2, 0) is 4.79 Å². The van der Waals surface area contributed by atoms with Crippen LogP contribution in [-0.4, -0.2) is 40.9 Å². The number of carboxylic acids is 1. The van der Waals surface area contributed by atoms with E-state index in [1.54, 1.807) is 13.8 Å². The van der Waals surface area contributed by atoms with E-state index in [4.69, 9.17) is 5.11 Å². The first-order valence-corrected chi connectivity index (χ1v) is 5.66. The zero-order chi connectivity index (χ0) is 12.4. The number of nitrogens with zero attached hydrogens (tertiary/aromatic N) is 6. The molecule has 0 spiro atoms. The first-order valence-electron chi connectivity index (χ1n) is 4.88. The van der Waals surface area contributed by atoms with Gasteiger partial charge in [-0.3, -0.25) is 4.79 Å². The van der Waals surface area contributed by atoms with Crippen LogP contribution >= 0.6 is 11.5 Å². The summed E-state index contributed by atoms with van der Waals surface area (Å²) in [6, 6.07) is -0.320. The van der Waals surface area contributed by atoms with E-state index in [9.17, 15) is 4.79 Å². The van der Waals surface area contributed by atoms with Crippen molar-refractivity contribution in [2.45, 2.75) is 26.3 Å². The number of hydrogen-bond donors (Lipinski definition) is 1. The van der Waals surface area contributed by atoms with Gasteiger partial charge in [0.2, 0.25) is 0 Å². The van der Waals surface area contributed by atoms with Crippen molar-refractivity contribution in [3.63, 3.8) is 0 Å². The Morgan fingerprint density at radius 1 is 1.53 bits per heavy atom. The molecule has 90 valence electrons. The van der Waals surface area contributed by atoms with Crippen LogP contribution in [0.4, 0.5) is 0 Å². The molecule has 2 aromatic heterocycles. The largest absolute Gasteiger partial charge is 0.481 e. The highest BCUT2D eigenvalue weighted by molar-refractivity contribution is 7.09. The van der Waals surface area contributed by atoms with Gasteiger partial charge in [-0.15, -0.1) is 10.2 Å². The summed E-state index contributed by atoms with van der Waals surface area (Å²) in [6.07, 6.45) is -0.0384. The molecule has 2 aromatic rings. The van der Waals surface area contributed by atoms with Gasteiger partial charge in [0.1, 0.15) is 4.88 Å². The summed E-state index contributed by atoms with van der Waals surface area (Å²) >= 11 is 1.19. The molecule has 0 aliphatic rings. The lowest BCUT2D eigenvalue weighted by molar-refractivity contribution is -0.137. The molecule has 9 heteroatoms. The predicted octanol–water partition coefficient (Wildman–Crippen LogP) is 0.536. The fraction of sp³-hybridized carbons (Fsp3) is 0.500. The van der Waals surface area contributed by atoms with Crippen LogP contribution in [0.15, 0.2) is 0 Å². The summed E-state index contributed by atoms with van der Waals surface area (Å²) in [5.74, 6) is -0.385. The summed E-state index contributed by atoms with van der Waals surface area (Å²) in [6.45, 7) is 3.55. The number of tetrazole rings is 1. The molecule has 0 saturated carbocycles. The second-order valence-corrected chi connectivity index (χ2v) is 4.34. The van der Waals surface area contributed by atoms with Crippen molar-refractivity contribution in [2.75, 3.05) is 0 Å². The van der Waals surface area contributed by atoms with Crippen LogP contribution in [0.1, 0.15) is 25.1 Å². The van der Waals surface area contributed by atoms with E-state index in [0.717, 1.165) is 10.6 Å². The number of aliphatic carboxylic acids is 1. The summed E-state index contributed by atoms with van der Waals surface area (Å²) in [7, 11) is 0. The number of hydrogen-bond acceptors (Lipinski definition) is 7. The third kappa shape index (κ3) is 2.28. The fourth-order valence-electron chi connectivity index (χ4n) is 1.42. The Kier molecular flexibility index (Phi) is 3.09. The van der Waals surface area contributed by atoms with E-state index in [0.29, 0.717) is 5.82 Å². The maximum Gasteiger partial charge on any atom is 0.305 e. The maximum atomic E-state index is 10.7. The first kappa shape index (κ1) is 11.6. The molecular weight excluding hydrogens is 244 g/mol. The maximum absolute atomic E-state index is 10.7. The van der Waals surface area contributed by atoms with Gasteiger partial charge in [-0.25, -0.2) is 4.68 Å². The van der Waals surface area contributed by atoms with Gasteiger partial charge in [0.25, 0.3) is 0 Å². The van der Waals surface area contributed by atoms with Crippen LogP contribution in [0.25, 0.3) is 10.7 Å². The minimum atomic E-state index is -0.891. The molecule has 1 N–H and O–H groups in total. The van der Waals surface area contributed by atoms with Crippen molar-refractivity contribution < 1.29 is 9.90 Å². The molecule has 0 aliphatic heterocycles. The summed E-state index contributed by atoms with van der Waals surface area (Å²) < 4.78 is 5.29. The summed E-state index contributed by atoms with van der Waals surface area (Å²) in [5, 5.41) is 23.9. The van der Waals surface area contributed by atoms with Crippen LogP contribution < -0.4 is 0 Å². The van der Waals surface area contributed by atoms with Crippen molar-refractivity contribution >= 4 is 17.5 Å². The third-order valence-corrected chi connectivity index (χ3v) is 3.06. The molecule has 0 bridgehead atoms. The Hall–Kier alpha value is -1.90. The van der Waals surface area contributed by atoms with E-state index in [-0.39, 0.29) is 12.5 Å². The second kappa shape index (κ2) is 4.53. The number of aryl methyl sites for hydroxylation is 1. The van der Waals surface area contributed by atoms with Crippen molar-refractivity contribution in [2.24, 2.45) is 0 Å². The molecular formula is C8H10N6O2S. The van der Waals surface area contributed by atoms with Gasteiger partial charge in [0.15, 0.2) is 5.82 Å². The van der Waals surface area contributed by atoms with Crippen molar-refractivity contribution in [3.05, 3.63) is 5.69 Å². The molecule has 0 amide bonds. The van der Waals surface area contributed by atoms with Crippen LogP contribution in [0, 0.1) is 6.92 Å². The molecule has 0 radical (unpaired) electrons. The van der Waals surface area contributed by atoms with Gasteiger partial charge in [-0.1, -0.05) is 4.49 Å². The van der Waals surface area contributed by atoms with Gasteiger partial charge in [0, 0.05) is 0 Å². The minimum absolute atomic E-state index is 0.0384. The van der Waals surface area contributed by atoms with Crippen molar-refractivity contribution in [1.82, 2.24) is 29.8 Å². The average Bonchev–Trinajstić information content (AvgIpc) is 2.83. The van der Waals surface area contributed by atoms with Crippen molar-refractivity contribution in [3.8, 4) is 10.7 Å². The monoisotopic (exact) mass is 254 g/mol. The summed E-state index contributed by atoms with van der Waals surface area (Å²) in [4.78, 5) is 11.4. The SMILES string of the molecule is Cc1nnsc1-c1nnnn1C(C)CC(=O)O. The van der Waals surface area contributed by atoms with E-state index in [1.165, 1.54) is 16.2 Å². The van der Waals surface area contributed by atoms with Crippen LogP contribution in [0.5, 0.6) is 0 Å². The fourth-order valence-corrected chi connectivity index (χ4v) is 2.05. The van der Waals surface area contributed by atoms with Gasteiger partial charge in [-0.05, 0) is 35.8 Å². The van der Waals surface area contributed by atoms with E-state index < -0.39 is 5.97 Å². The number of aromatic nitrogens is 6. The highest BCUT2D eigenvalue weighted by Crippen LogP contribution is 2.25. The van der Waals surface area contributed by atoms with E-state index in [2.05, 4.69) is 25.1 Å². The van der Waals surface area contributed by atoms with Gasteiger partial charge >= 0.3 is 5.97 Å². The Bertz CT molecular complexity index is 536. The summed E-state index contributed by atoms with van der Waals surface area (Å²) in [5.41, 5.74) is 0.730. The number of rotatable bonds is 4. The zero-order valence-electron chi connectivity index (χ0n) is 9.23. The van der Waals surface area contributed by atoms with Crippen molar-refractivity contribution in [1.29, 1.82) is 0 Å². The Morgan fingerprint density at radius 3 is 2.88 bits per heavy atom. The van der Waals surface area contributed by atoms with Crippen LogP contribution in [0.2, 0.25) is 0 Å². The second-order valence-electron chi connectivity index (χ2n) is 3.58. The number of carbonyl (C=O) groups is 1. The predicted molar refractivity (Wildman–Crippen MR) is 58.4 cm³/mol. The lowest BCUT2D eigenvalue weighted by Gasteiger charge is -2.09. The molecule has 2 rings (SSSR count). The molecule has 17 heavy (non-hydrogen) atoms. The third-order valence-electron chi connectivity index (χ3n) is 2.23. The normalized spacial score (nSPS) is 12.6. The lowest BCUT2D eigenvalue weighted by Crippen LogP contribution is -2.13. The van der Waals surface area contributed by atoms with E-state index in [1.807, 2.05) is 0 Å². The molecule has 1 unspecified atom stereocenters. The lowest BCUT2D eigenvalue weighted by atomic mass is 10.2. The average molecular weight is 254 g/mol. The molecule has 0 saturated heterocycles. The Balaban J connectivity index is 2.35. The Morgan fingerprint density at radius 2 is 2.29 bits per heavy atom. The smallest absolute Gasteiger partial charge is 0.305 e. The zero-order valence-corrected chi connectivity index (χ0v) is 10.0. The minimum Gasteiger partial charge on any atom is -0.481 e. The highest BCUT2D eigenvalue weighted by atomic mass is 32.1. The quantitative estimate of drug-likeness (QED) is 0.848. The topological polar surface area (TPSA) is 107 Å². The molecule has 1 atom stereocenters. The van der Waals surface area contributed by atoms with E-state index >= 15 is 0 Å². The first-order chi connectivity index (χ1) is 8.09. The number of carboxylic acid groups (broad SMARTS) is 1. The van der Waals surface area contributed by atoms with Gasteiger partial charge in [0.05, 0.1) is 18.2 Å². The molecule has 0 aromatic carbocycles. The van der Waals surface area contributed by atoms with Gasteiger partial charge < -0.3 is 5.11 Å².